The molecule has 1 aliphatic rings. The van der Waals surface area contributed by atoms with Crippen LogP contribution in [0.3, 0.4) is 0 Å². The Morgan fingerprint density at radius 1 is 1.30 bits per heavy atom. The van der Waals surface area contributed by atoms with E-state index in [0.717, 1.165) is 45.2 Å². The fraction of sp³-hybridized carbons (Fsp3) is 0.588. The molecule has 1 aliphatic heterocycles. The van der Waals surface area contributed by atoms with Crippen molar-refractivity contribution in [2.75, 3.05) is 51.8 Å². The van der Waals surface area contributed by atoms with Gasteiger partial charge in [0.05, 0.1) is 0 Å². The molecular formula is C17H29IN4O. The number of halogens is 1. The average Bonchev–Trinajstić information content (AvgIpc) is 3.04. The van der Waals surface area contributed by atoms with Gasteiger partial charge >= 0.3 is 0 Å². The lowest BCUT2D eigenvalue weighted by atomic mass is 10.1. The number of nitrogens with zero attached hydrogens (tertiary/aromatic N) is 2. The molecule has 1 fully saturated rings. The standard InChI is InChI=1S/C17H28N4O.HI/c1-18-17(19-10-6-12-22-2)20-13-15-9-11-21(14-15)16-7-4-3-5-8-16;/h3-5,7-8,15H,6,9-14H2,1-2H3,(H2,18,19,20);1H. The highest BCUT2D eigenvalue weighted by Crippen LogP contribution is 2.22. The summed E-state index contributed by atoms with van der Waals surface area (Å²) in [5.74, 6) is 1.55. The van der Waals surface area contributed by atoms with Crippen LogP contribution in [-0.2, 0) is 4.74 Å². The van der Waals surface area contributed by atoms with E-state index in [1.165, 1.54) is 12.1 Å². The second kappa shape index (κ2) is 11.5. The van der Waals surface area contributed by atoms with E-state index in [1.807, 2.05) is 7.05 Å². The summed E-state index contributed by atoms with van der Waals surface area (Å²) in [6, 6.07) is 10.6. The van der Waals surface area contributed by atoms with Gasteiger partial charge in [-0.05, 0) is 30.9 Å². The summed E-state index contributed by atoms with van der Waals surface area (Å²) < 4.78 is 5.05. The third kappa shape index (κ3) is 6.95. The van der Waals surface area contributed by atoms with Crippen molar-refractivity contribution in [3.63, 3.8) is 0 Å². The number of ether oxygens (including phenoxy) is 1. The summed E-state index contributed by atoms with van der Waals surface area (Å²) in [5.41, 5.74) is 1.33. The number of nitrogens with one attached hydrogen (secondary N) is 2. The molecule has 1 atom stereocenters. The van der Waals surface area contributed by atoms with Crippen LogP contribution >= 0.6 is 24.0 Å². The molecule has 1 heterocycles. The first kappa shape index (κ1) is 20.0. The molecule has 0 bridgehead atoms. The highest BCUT2D eigenvalue weighted by Gasteiger charge is 2.22. The second-order valence-electron chi connectivity index (χ2n) is 5.66. The minimum atomic E-state index is 0. The average molecular weight is 432 g/mol. The first-order valence-corrected chi connectivity index (χ1v) is 8.07. The highest BCUT2D eigenvalue weighted by molar-refractivity contribution is 14.0. The Balaban J connectivity index is 0.00000264. The summed E-state index contributed by atoms with van der Waals surface area (Å²) >= 11 is 0. The van der Waals surface area contributed by atoms with Crippen LogP contribution in [0.5, 0.6) is 0 Å². The van der Waals surface area contributed by atoms with Crippen molar-refractivity contribution in [1.82, 2.24) is 10.6 Å². The van der Waals surface area contributed by atoms with E-state index in [2.05, 4.69) is 50.9 Å². The summed E-state index contributed by atoms with van der Waals surface area (Å²) in [6.45, 7) is 4.87. The number of rotatable bonds is 7. The normalized spacial score (nSPS) is 17.7. The molecule has 0 aromatic heterocycles. The van der Waals surface area contributed by atoms with Gasteiger partial charge in [0, 0.05) is 52.6 Å². The van der Waals surface area contributed by atoms with E-state index in [1.54, 1.807) is 7.11 Å². The molecule has 0 radical (unpaired) electrons. The predicted octanol–water partition coefficient (Wildman–Crippen LogP) is 2.33. The van der Waals surface area contributed by atoms with Crippen LogP contribution in [0, 0.1) is 5.92 Å². The molecule has 0 spiro atoms. The molecule has 2 N–H and O–H groups in total. The van der Waals surface area contributed by atoms with Crippen molar-refractivity contribution in [3.05, 3.63) is 30.3 Å². The van der Waals surface area contributed by atoms with Gasteiger partial charge in [0.15, 0.2) is 5.96 Å². The van der Waals surface area contributed by atoms with Gasteiger partial charge in [-0.25, -0.2) is 0 Å². The molecule has 1 unspecified atom stereocenters. The lowest BCUT2D eigenvalue weighted by Crippen LogP contribution is -2.40. The minimum Gasteiger partial charge on any atom is -0.385 e. The van der Waals surface area contributed by atoms with Gasteiger partial charge < -0.3 is 20.3 Å². The molecule has 0 aliphatic carbocycles. The molecule has 2 rings (SSSR count). The molecule has 0 amide bonds. The van der Waals surface area contributed by atoms with Crippen molar-refractivity contribution in [3.8, 4) is 0 Å². The number of aliphatic imine (C=N–C) groups is 1. The van der Waals surface area contributed by atoms with E-state index < -0.39 is 0 Å². The van der Waals surface area contributed by atoms with Gasteiger partial charge in [0.2, 0.25) is 0 Å². The van der Waals surface area contributed by atoms with E-state index >= 15 is 0 Å². The maximum Gasteiger partial charge on any atom is 0.190 e. The summed E-state index contributed by atoms with van der Waals surface area (Å²) in [5, 5.41) is 6.75. The molecule has 0 saturated carbocycles. The maximum atomic E-state index is 5.05. The number of para-hydroxylation sites is 1. The van der Waals surface area contributed by atoms with Gasteiger partial charge in [0.25, 0.3) is 0 Å². The maximum absolute atomic E-state index is 5.05. The van der Waals surface area contributed by atoms with E-state index in [-0.39, 0.29) is 24.0 Å². The van der Waals surface area contributed by atoms with Crippen LogP contribution in [0.25, 0.3) is 0 Å². The van der Waals surface area contributed by atoms with Crippen LogP contribution in [0.4, 0.5) is 5.69 Å². The zero-order valence-electron chi connectivity index (χ0n) is 14.1. The summed E-state index contributed by atoms with van der Waals surface area (Å²) in [7, 11) is 3.54. The fourth-order valence-electron chi connectivity index (χ4n) is 2.76. The van der Waals surface area contributed by atoms with Crippen LogP contribution in [0.2, 0.25) is 0 Å². The monoisotopic (exact) mass is 432 g/mol. The Bertz CT molecular complexity index is 455. The SMILES string of the molecule is CN=C(NCCCOC)NCC1CCN(c2ccccc2)C1.I. The largest absolute Gasteiger partial charge is 0.385 e. The second-order valence-corrected chi connectivity index (χ2v) is 5.66. The third-order valence-electron chi connectivity index (χ3n) is 4.01. The van der Waals surface area contributed by atoms with Gasteiger partial charge in [-0.15, -0.1) is 24.0 Å². The Labute approximate surface area is 156 Å². The van der Waals surface area contributed by atoms with Crippen molar-refractivity contribution in [2.45, 2.75) is 12.8 Å². The predicted molar refractivity (Wildman–Crippen MR) is 108 cm³/mol. The van der Waals surface area contributed by atoms with Crippen molar-refractivity contribution in [1.29, 1.82) is 0 Å². The molecule has 23 heavy (non-hydrogen) atoms. The third-order valence-corrected chi connectivity index (χ3v) is 4.01. The van der Waals surface area contributed by atoms with Gasteiger partial charge in [-0.1, -0.05) is 18.2 Å². The van der Waals surface area contributed by atoms with E-state index in [4.69, 9.17) is 4.74 Å². The first-order valence-electron chi connectivity index (χ1n) is 8.07. The zero-order chi connectivity index (χ0) is 15.6. The lowest BCUT2D eigenvalue weighted by Gasteiger charge is -2.19. The van der Waals surface area contributed by atoms with Crippen molar-refractivity contribution >= 4 is 35.6 Å². The number of hydrogen-bond acceptors (Lipinski definition) is 3. The zero-order valence-corrected chi connectivity index (χ0v) is 16.5. The number of anilines is 1. The number of hydrogen-bond donors (Lipinski definition) is 2. The molecule has 1 saturated heterocycles. The molecule has 1 aromatic rings. The van der Waals surface area contributed by atoms with Crippen LogP contribution in [0.15, 0.2) is 35.3 Å². The highest BCUT2D eigenvalue weighted by atomic mass is 127. The van der Waals surface area contributed by atoms with Gasteiger partial charge in [0.1, 0.15) is 0 Å². The van der Waals surface area contributed by atoms with E-state index in [9.17, 15) is 0 Å². The number of guanidine groups is 1. The fourth-order valence-corrected chi connectivity index (χ4v) is 2.76. The summed E-state index contributed by atoms with van der Waals surface area (Å²) in [4.78, 5) is 6.72. The number of methoxy groups -OCH3 is 1. The lowest BCUT2D eigenvalue weighted by molar-refractivity contribution is 0.195. The molecule has 5 nitrogen and oxygen atoms in total. The van der Waals surface area contributed by atoms with Crippen molar-refractivity contribution < 1.29 is 4.74 Å². The first-order chi connectivity index (χ1) is 10.8. The van der Waals surface area contributed by atoms with Gasteiger partial charge in [-0.3, -0.25) is 4.99 Å². The van der Waals surface area contributed by atoms with E-state index in [0.29, 0.717) is 5.92 Å². The molecule has 130 valence electrons. The smallest absolute Gasteiger partial charge is 0.190 e. The molecule has 6 heteroatoms. The van der Waals surface area contributed by atoms with Crippen LogP contribution in [0.1, 0.15) is 12.8 Å². The quantitative estimate of drug-likeness (QED) is 0.301. The molecular weight excluding hydrogens is 403 g/mol. The van der Waals surface area contributed by atoms with Crippen molar-refractivity contribution in [2.24, 2.45) is 10.9 Å². The Hall–Kier alpha value is -1.02. The Kier molecular flexibility index (Phi) is 10.0. The molecule has 1 aromatic carbocycles. The Morgan fingerprint density at radius 3 is 2.78 bits per heavy atom. The van der Waals surface area contributed by atoms with Crippen LogP contribution in [-0.4, -0.2) is 52.9 Å². The number of benzene rings is 1. The Morgan fingerprint density at radius 2 is 2.09 bits per heavy atom. The minimum absolute atomic E-state index is 0. The van der Waals surface area contributed by atoms with Gasteiger partial charge in [-0.2, -0.15) is 0 Å². The van der Waals surface area contributed by atoms with Crippen LogP contribution < -0.4 is 15.5 Å². The topological polar surface area (TPSA) is 48.9 Å². The summed E-state index contributed by atoms with van der Waals surface area (Å²) in [6.07, 6.45) is 2.21.